The van der Waals surface area contributed by atoms with Gasteiger partial charge in [0.15, 0.2) is 0 Å². The lowest BCUT2D eigenvalue weighted by molar-refractivity contribution is -0.385. The molecule has 0 N–H and O–H groups in total. The van der Waals surface area contributed by atoms with E-state index in [-0.39, 0.29) is 28.2 Å². The fraction of sp³-hybridized carbons (Fsp3) is 0.650. The van der Waals surface area contributed by atoms with Gasteiger partial charge in [-0.05, 0) is 81.1 Å². The quantitative estimate of drug-likeness (QED) is 0.447. The number of hydrogen-bond donors (Lipinski definition) is 0. The SMILES string of the molecule is CCOC(=O)c1ccc(CC23CC4CC(CC(C4)C2)C3)c([N+](=O)[O-])c1. The molecule has 1 aromatic carbocycles. The van der Waals surface area contributed by atoms with Crippen molar-refractivity contribution in [2.45, 2.75) is 51.9 Å². The molecule has 5 nitrogen and oxygen atoms in total. The van der Waals surface area contributed by atoms with Crippen LogP contribution < -0.4 is 0 Å². The fourth-order valence-corrected chi connectivity index (χ4v) is 6.14. The molecule has 5 heteroatoms. The number of nitrogens with zero attached hydrogens (tertiary/aromatic N) is 1. The maximum Gasteiger partial charge on any atom is 0.338 e. The molecular weight excluding hydrogens is 318 g/mol. The van der Waals surface area contributed by atoms with Gasteiger partial charge in [-0.1, -0.05) is 6.07 Å². The summed E-state index contributed by atoms with van der Waals surface area (Å²) in [6.45, 7) is 2.00. The minimum absolute atomic E-state index is 0.0706. The van der Waals surface area contributed by atoms with Crippen molar-refractivity contribution in [1.82, 2.24) is 0 Å². The van der Waals surface area contributed by atoms with Gasteiger partial charge in [0.05, 0.1) is 17.1 Å². The summed E-state index contributed by atoms with van der Waals surface area (Å²) in [5.41, 5.74) is 1.36. The Morgan fingerprint density at radius 2 is 1.80 bits per heavy atom. The van der Waals surface area contributed by atoms with Gasteiger partial charge < -0.3 is 4.74 Å². The van der Waals surface area contributed by atoms with E-state index in [1.807, 2.05) is 0 Å². The van der Waals surface area contributed by atoms with Crippen LogP contribution in [0, 0.1) is 33.3 Å². The van der Waals surface area contributed by atoms with Crippen LogP contribution in [0.15, 0.2) is 18.2 Å². The summed E-state index contributed by atoms with van der Waals surface area (Å²) < 4.78 is 4.98. The van der Waals surface area contributed by atoms with Gasteiger partial charge in [-0.25, -0.2) is 4.79 Å². The van der Waals surface area contributed by atoms with E-state index < -0.39 is 5.97 Å². The Morgan fingerprint density at radius 3 is 2.32 bits per heavy atom. The third-order valence-corrected chi connectivity index (χ3v) is 6.52. The third-order valence-electron chi connectivity index (χ3n) is 6.52. The van der Waals surface area contributed by atoms with Gasteiger partial charge in [0, 0.05) is 11.6 Å². The first-order valence-corrected chi connectivity index (χ1v) is 9.42. The average Bonchev–Trinajstić information content (AvgIpc) is 2.53. The van der Waals surface area contributed by atoms with Gasteiger partial charge in [-0.2, -0.15) is 0 Å². The van der Waals surface area contributed by atoms with Crippen molar-refractivity contribution in [3.05, 3.63) is 39.4 Å². The highest BCUT2D eigenvalue weighted by molar-refractivity contribution is 5.90. The molecule has 4 fully saturated rings. The highest BCUT2D eigenvalue weighted by Crippen LogP contribution is 2.61. The summed E-state index contributed by atoms with van der Waals surface area (Å²) in [4.78, 5) is 23.1. The van der Waals surface area contributed by atoms with Crippen LogP contribution in [0.1, 0.15) is 61.4 Å². The lowest BCUT2D eigenvalue weighted by Gasteiger charge is -2.57. The van der Waals surface area contributed by atoms with Crippen LogP contribution in [-0.2, 0) is 11.2 Å². The zero-order chi connectivity index (χ0) is 17.6. The lowest BCUT2D eigenvalue weighted by Crippen LogP contribution is -2.47. The number of carbonyl (C=O) groups excluding carboxylic acids is 1. The Labute approximate surface area is 147 Å². The summed E-state index contributed by atoms with van der Waals surface area (Å²) in [6.07, 6.45) is 8.52. The molecule has 0 heterocycles. The van der Waals surface area contributed by atoms with Crippen molar-refractivity contribution in [3.8, 4) is 0 Å². The second kappa shape index (κ2) is 6.11. The number of ether oxygens (including phenoxy) is 1. The van der Waals surface area contributed by atoms with Crippen LogP contribution in [-0.4, -0.2) is 17.5 Å². The monoisotopic (exact) mass is 343 g/mol. The number of carbonyl (C=O) groups is 1. The van der Waals surface area contributed by atoms with Crippen molar-refractivity contribution in [2.75, 3.05) is 6.61 Å². The molecule has 4 bridgehead atoms. The van der Waals surface area contributed by atoms with E-state index in [0.29, 0.717) is 0 Å². The van der Waals surface area contributed by atoms with E-state index in [4.69, 9.17) is 4.74 Å². The summed E-state index contributed by atoms with van der Waals surface area (Å²) in [7, 11) is 0. The zero-order valence-electron chi connectivity index (χ0n) is 14.7. The van der Waals surface area contributed by atoms with Crippen molar-refractivity contribution in [1.29, 1.82) is 0 Å². The second-order valence-electron chi connectivity index (χ2n) is 8.42. The lowest BCUT2D eigenvalue weighted by atomic mass is 9.48. The molecule has 0 radical (unpaired) electrons. The molecule has 25 heavy (non-hydrogen) atoms. The molecule has 0 aromatic heterocycles. The molecule has 0 amide bonds. The zero-order valence-corrected chi connectivity index (χ0v) is 14.7. The molecule has 134 valence electrons. The van der Waals surface area contributed by atoms with Crippen LogP contribution in [0.5, 0.6) is 0 Å². The van der Waals surface area contributed by atoms with E-state index in [2.05, 4.69) is 0 Å². The maximum absolute atomic E-state index is 11.9. The minimum atomic E-state index is -0.494. The molecule has 0 saturated heterocycles. The van der Waals surface area contributed by atoms with Gasteiger partial charge in [0.1, 0.15) is 0 Å². The average molecular weight is 343 g/mol. The van der Waals surface area contributed by atoms with Gasteiger partial charge in [-0.15, -0.1) is 0 Å². The number of rotatable bonds is 5. The predicted molar refractivity (Wildman–Crippen MR) is 93.4 cm³/mol. The van der Waals surface area contributed by atoms with Crippen LogP contribution in [0.3, 0.4) is 0 Å². The Hall–Kier alpha value is -1.91. The third kappa shape index (κ3) is 3.05. The second-order valence-corrected chi connectivity index (χ2v) is 8.42. The molecule has 4 aliphatic carbocycles. The van der Waals surface area contributed by atoms with Crippen molar-refractivity contribution >= 4 is 11.7 Å². The molecule has 1 aromatic rings. The summed E-state index contributed by atoms with van der Waals surface area (Å²) in [5, 5.41) is 11.6. The van der Waals surface area contributed by atoms with Gasteiger partial charge in [0.2, 0.25) is 0 Å². The molecule has 5 rings (SSSR count). The minimum Gasteiger partial charge on any atom is -0.462 e. The Kier molecular flexibility index (Phi) is 4.05. The topological polar surface area (TPSA) is 69.4 Å². The molecule has 4 aliphatic rings. The highest BCUT2D eigenvalue weighted by Gasteiger charge is 2.51. The summed E-state index contributed by atoms with van der Waals surface area (Å²) in [5.74, 6) is 1.98. The molecular formula is C20H25NO4. The van der Waals surface area contributed by atoms with E-state index in [1.54, 1.807) is 19.1 Å². The molecule has 0 atom stereocenters. The number of benzene rings is 1. The van der Waals surface area contributed by atoms with E-state index in [0.717, 1.165) is 29.7 Å². The van der Waals surface area contributed by atoms with Crippen molar-refractivity contribution in [3.63, 3.8) is 0 Å². The summed E-state index contributed by atoms with van der Waals surface area (Å²) in [6, 6.07) is 4.86. The number of nitro groups is 1. The van der Waals surface area contributed by atoms with Crippen molar-refractivity contribution < 1.29 is 14.5 Å². The Balaban J connectivity index is 1.62. The van der Waals surface area contributed by atoms with Crippen LogP contribution >= 0.6 is 0 Å². The Morgan fingerprint density at radius 1 is 1.20 bits per heavy atom. The maximum atomic E-state index is 11.9. The molecule has 4 saturated carbocycles. The van der Waals surface area contributed by atoms with Gasteiger partial charge >= 0.3 is 5.97 Å². The number of hydrogen-bond acceptors (Lipinski definition) is 4. The van der Waals surface area contributed by atoms with E-state index in [9.17, 15) is 14.9 Å². The first-order valence-electron chi connectivity index (χ1n) is 9.42. The molecule has 0 spiro atoms. The number of nitro benzene ring substituents is 1. The van der Waals surface area contributed by atoms with Crippen LogP contribution in [0.25, 0.3) is 0 Å². The first-order chi connectivity index (χ1) is 12.0. The van der Waals surface area contributed by atoms with Gasteiger partial charge in [0.25, 0.3) is 5.69 Å². The van der Waals surface area contributed by atoms with Crippen molar-refractivity contribution in [2.24, 2.45) is 23.2 Å². The number of esters is 1. The smallest absolute Gasteiger partial charge is 0.338 e. The van der Waals surface area contributed by atoms with Crippen LogP contribution in [0.2, 0.25) is 0 Å². The van der Waals surface area contributed by atoms with E-state index in [1.165, 1.54) is 44.6 Å². The Bertz CT molecular complexity index is 676. The van der Waals surface area contributed by atoms with E-state index >= 15 is 0 Å². The highest BCUT2D eigenvalue weighted by atomic mass is 16.6. The molecule has 0 aliphatic heterocycles. The molecule has 0 unspecified atom stereocenters. The normalized spacial score (nSPS) is 32.6. The predicted octanol–water partition coefficient (Wildman–Crippen LogP) is 4.53. The largest absolute Gasteiger partial charge is 0.462 e. The first kappa shape index (κ1) is 16.6. The van der Waals surface area contributed by atoms with Crippen LogP contribution in [0.4, 0.5) is 5.69 Å². The fourth-order valence-electron chi connectivity index (χ4n) is 6.14. The summed E-state index contributed by atoms with van der Waals surface area (Å²) >= 11 is 0. The van der Waals surface area contributed by atoms with Gasteiger partial charge in [-0.3, -0.25) is 10.1 Å². The standard InChI is InChI=1S/C20H25NO4/c1-2-25-19(22)16-3-4-17(18(8-16)21(23)24)12-20-9-13-5-14(10-20)7-15(6-13)11-20/h3-4,8,13-15H,2,5-7,9-12H2,1H3.